The Balaban J connectivity index is 4.29. The van der Waals surface area contributed by atoms with Gasteiger partial charge in [0.05, 0.1) is 0 Å². The van der Waals surface area contributed by atoms with Crippen molar-refractivity contribution in [3.63, 3.8) is 0 Å². The highest BCUT2D eigenvalue weighted by atomic mass is 16.6. The van der Waals surface area contributed by atoms with Crippen LogP contribution >= 0.6 is 0 Å². The van der Waals surface area contributed by atoms with E-state index < -0.39 is 6.10 Å². The van der Waals surface area contributed by atoms with Crippen molar-refractivity contribution in [2.75, 3.05) is 13.2 Å². The van der Waals surface area contributed by atoms with E-state index in [2.05, 4.69) is 142 Å². The van der Waals surface area contributed by atoms with Crippen LogP contribution in [0, 0.1) is 0 Å². The number of hydrogen-bond acceptors (Lipinski definition) is 6. The van der Waals surface area contributed by atoms with Crippen molar-refractivity contribution in [2.45, 2.75) is 335 Å². The maximum atomic E-state index is 12.9. The predicted octanol–water partition coefficient (Wildman–Crippen LogP) is 24.3. The molecule has 0 saturated carbocycles. The van der Waals surface area contributed by atoms with Gasteiger partial charge in [0, 0.05) is 19.3 Å². The summed E-state index contributed by atoms with van der Waals surface area (Å²) in [5, 5.41) is 0. The van der Waals surface area contributed by atoms with Crippen LogP contribution in [0.15, 0.2) is 122 Å². The Morgan fingerprint density at radius 1 is 0.253 bits per heavy atom. The number of hydrogen-bond donors (Lipinski definition) is 0. The van der Waals surface area contributed by atoms with E-state index in [9.17, 15) is 14.4 Å². The number of carbonyl (C=O) groups is 3. The van der Waals surface area contributed by atoms with Crippen LogP contribution in [0.5, 0.6) is 0 Å². The minimum absolute atomic E-state index is 0.0906. The fraction of sp³-hybridized carbons (Fsp3) is 0.701. The zero-order chi connectivity index (χ0) is 59.9. The maximum Gasteiger partial charge on any atom is 0.306 e. The number of esters is 3. The van der Waals surface area contributed by atoms with E-state index in [1.54, 1.807) is 0 Å². The fourth-order valence-electron chi connectivity index (χ4n) is 9.75. The molecule has 6 heteroatoms. The molecule has 0 aliphatic rings. The number of carbonyl (C=O) groups excluding carboxylic acids is 3. The van der Waals surface area contributed by atoms with Crippen LogP contribution in [-0.2, 0) is 28.6 Å². The van der Waals surface area contributed by atoms with Crippen LogP contribution in [-0.4, -0.2) is 37.2 Å². The Kier molecular flexibility index (Phi) is 66.7. The Bertz CT molecular complexity index is 1700. The highest BCUT2D eigenvalue weighted by Gasteiger charge is 2.19. The molecule has 0 spiro atoms. The van der Waals surface area contributed by atoms with Gasteiger partial charge >= 0.3 is 17.9 Å². The first kappa shape index (κ1) is 78.8. The lowest BCUT2D eigenvalue weighted by atomic mass is 10.0. The Hall–Kier alpha value is -4.19. The molecule has 0 radical (unpaired) electrons. The monoisotopic (exact) mass is 1150 g/mol. The van der Waals surface area contributed by atoms with Crippen molar-refractivity contribution in [1.29, 1.82) is 0 Å². The molecule has 0 aliphatic heterocycles. The van der Waals surface area contributed by atoms with Crippen molar-refractivity contribution < 1.29 is 28.6 Å². The van der Waals surface area contributed by atoms with Crippen molar-refractivity contribution in [3.8, 4) is 0 Å². The summed E-state index contributed by atoms with van der Waals surface area (Å²) in [6, 6.07) is 0. The zero-order valence-electron chi connectivity index (χ0n) is 54.4. The van der Waals surface area contributed by atoms with E-state index in [-0.39, 0.29) is 31.1 Å². The summed E-state index contributed by atoms with van der Waals surface area (Å²) in [4.78, 5) is 38.4. The number of rotatable bonds is 63. The molecule has 0 bridgehead atoms. The van der Waals surface area contributed by atoms with Crippen LogP contribution in [0.4, 0.5) is 0 Å². The molecule has 474 valence electrons. The second kappa shape index (κ2) is 70.3. The molecule has 83 heavy (non-hydrogen) atoms. The van der Waals surface area contributed by atoms with E-state index in [0.717, 1.165) is 128 Å². The van der Waals surface area contributed by atoms with Crippen molar-refractivity contribution >= 4 is 17.9 Å². The normalized spacial score (nSPS) is 12.9. The van der Waals surface area contributed by atoms with Gasteiger partial charge in [-0.25, -0.2) is 0 Å². The topological polar surface area (TPSA) is 78.9 Å². The molecule has 0 aromatic rings. The van der Waals surface area contributed by atoms with Crippen LogP contribution in [0.2, 0.25) is 0 Å². The quantitative estimate of drug-likeness (QED) is 0.0261. The molecular weight excluding hydrogens is 1020 g/mol. The van der Waals surface area contributed by atoms with E-state index in [1.807, 2.05) is 0 Å². The second-order valence-electron chi connectivity index (χ2n) is 23.0. The van der Waals surface area contributed by atoms with Crippen LogP contribution in [0.25, 0.3) is 0 Å². The van der Waals surface area contributed by atoms with Gasteiger partial charge in [0.2, 0.25) is 0 Å². The summed E-state index contributed by atoms with van der Waals surface area (Å²) in [5.74, 6) is -0.918. The third-order valence-electron chi connectivity index (χ3n) is 14.9. The summed E-state index contributed by atoms with van der Waals surface area (Å²) in [7, 11) is 0. The van der Waals surface area contributed by atoms with Crippen LogP contribution < -0.4 is 0 Å². The Labute approximate surface area is 513 Å². The largest absolute Gasteiger partial charge is 0.462 e. The van der Waals surface area contributed by atoms with Crippen molar-refractivity contribution in [2.24, 2.45) is 0 Å². The highest BCUT2D eigenvalue weighted by Crippen LogP contribution is 2.17. The Morgan fingerprint density at radius 2 is 0.470 bits per heavy atom. The molecule has 0 fully saturated rings. The lowest BCUT2D eigenvalue weighted by Gasteiger charge is -2.18. The SMILES string of the molecule is CC/C=C\C/C=C\C/C=C\C/C=C\CCCCCCCCCCCCCCCCCCC(=O)OCC(COC(=O)CCCCC/C=C\C/C=C\C/C=C\CC)OC(=O)CCCCCCCCCC/C=C\C/C=C\C/C=C\CCCCCCC. The molecule has 0 amide bonds. The molecular formula is C77H130O6. The van der Waals surface area contributed by atoms with Gasteiger partial charge in [0.15, 0.2) is 6.10 Å². The minimum Gasteiger partial charge on any atom is -0.462 e. The van der Waals surface area contributed by atoms with Gasteiger partial charge in [-0.1, -0.05) is 303 Å². The summed E-state index contributed by atoms with van der Waals surface area (Å²) >= 11 is 0. The highest BCUT2D eigenvalue weighted by molar-refractivity contribution is 5.71. The first-order chi connectivity index (χ1) is 41.0. The molecule has 0 heterocycles. The van der Waals surface area contributed by atoms with Gasteiger partial charge in [0.25, 0.3) is 0 Å². The summed E-state index contributed by atoms with van der Waals surface area (Å²) in [6.07, 6.45) is 98.0. The molecule has 0 aromatic carbocycles. The van der Waals surface area contributed by atoms with E-state index in [0.29, 0.717) is 19.3 Å². The zero-order valence-corrected chi connectivity index (χ0v) is 54.4. The summed E-state index contributed by atoms with van der Waals surface area (Å²) in [5.41, 5.74) is 0. The van der Waals surface area contributed by atoms with Crippen LogP contribution in [0.1, 0.15) is 329 Å². The molecule has 0 N–H and O–H groups in total. The first-order valence-electron chi connectivity index (χ1n) is 35.0. The van der Waals surface area contributed by atoms with Gasteiger partial charge in [-0.3, -0.25) is 14.4 Å². The van der Waals surface area contributed by atoms with E-state index in [4.69, 9.17) is 14.2 Å². The van der Waals surface area contributed by atoms with Gasteiger partial charge < -0.3 is 14.2 Å². The van der Waals surface area contributed by atoms with Gasteiger partial charge in [-0.15, -0.1) is 0 Å². The molecule has 0 saturated heterocycles. The van der Waals surface area contributed by atoms with Gasteiger partial charge in [-0.2, -0.15) is 0 Å². The summed E-state index contributed by atoms with van der Waals surface area (Å²) in [6.45, 7) is 6.40. The second-order valence-corrected chi connectivity index (χ2v) is 23.0. The first-order valence-corrected chi connectivity index (χ1v) is 35.0. The van der Waals surface area contributed by atoms with Crippen molar-refractivity contribution in [3.05, 3.63) is 122 Å². The average Bonchev–Trinajstić information content (AvgIpc) is 3.49. The smallest absolute Gasteiger partial charge is 0.306 e. The van der Waals surface area contributed by atoms with Crippen molar-refractivity contribution in [1.82, 2.24) is 0 Å². The standard InChI is InChI=1S/C77H130O6/c1-4-7-10-13-16-19-22-25-27-29-31-33-35-36-37-38-39-40-42-43-45-47-49-52-55-58-61-64-67-70-76(79)82-73-74(72-81-75(78)69-66-63-60-57-54-51-24-21-18-15-12-9-6-3)83-77(80)71-68-65-62-59-56-53-50-48-46-44-41-34-32-30-28-26-23-20-17-14-11-8-5-2/h7,9-10,12,16,18-19,21,23,25-27,30-33,41,44,51,54,74H,4-6,8,11,13-15,17,20,22,24,28-29,34-40,42-43,45-50,52-53,55-73H2,1-3H3/b10-7-,12-9-,19-16-,21-18-,26-23-,27-25-,32-30-,33-31-,44-41-,54-51-. The third kappa shape index (κ3) is 68.5. The third-order valence-corrected chi connectivity index (χ3v) is 14.9. The lowest BCUT2D eigenvalue weighted by Crippen LogP contribution is -2.30. The molecule has 6 nitrogen and oxygen atoms in total. The van der Waals surface area contributed by atoms with Gasteiger partial charge in [0.1, 0.15) is 13.2 Å². The molecule has 0 aliphatic carbocycles. The predicted molar refractivity (Wildman–Crippen MR) is 362 cm³/mol. The van der Waals surface area contributed by atoms with E-state index >= 15 is 0 Å². The number of ether oxygens (including phenoxy) is 3. The number of allylic oxidation sites excluding steroid dienone is 20. The number of unbranched alkanes of at least 4 members (excludes halogenated alkanes) is 32. The average molecular weight is 1150 g/mol. The molecule has 0 aromatic heterocycles. The summed E-state index contributed by atoms with van der Waals surface area (Å²) < 4.78 is 16.9. The minimum atomic E-state index is -0.798. The molecule has 1 unspecified atom stereocenters. The molecule has 0 rings (SSSR count). The fourth-order valence-corrected chi connectivity index (χ4v) is 9.75. The van der Waals surface area contributed by atoms with Crippen LogP contribution in [0.3, 0.4) is 0 Å². The molecule has 1 atom stereocenters. The Morgan fingerprint density at radius 3 is 0.747 bits per heavy atom. The van der Waals surface area contributed by atoms with Gasteiger partial charge in [-0.05, 0) is 128 Å². The van der Waals surface area contributed by atoms with E-state index in [1.165, 1.54) is 161 Å². The maximum absolute atomic E-state index is 12.9. The lowest BCUT2D eigenvalue weighted by molar-refractivity contribution is -0.167.